The van der Waals surface area contributed by atoms with Crippen molar-refractivity contribution >= 4 is 12.6 Å². The maximum atomic E-state index is 12.2. The van der Waals surface area contributed by atoms with E-state index in [0.29, 0.717) is 19.6 Å². The second-order valence-electron chi connectivity index (χ2n) is 9.33. The maximum Gasteiger partial charge on any atom is 0.410 e. The molecule has 1 N–H and O–H groups in total. The molecule has 0 bridgehead atoms. The van der Waals surface area contributed by atoms with E-state index in [9.17, 15) is 9.59 Å². The second-order valence-corrected chi connectivity index (χ2v) is 9.33. The van der Waals surface area contributed by atoms with Gasteiger partial charge in [-0.05, 0) is 37.5 Å². The Morgan fingerprint density at radius 1 is 1.00 bits per heavy atom. The Hall–Kier alpha value is -2.90. The predicted octanol–water partition coefficient (Wildman–Crippen LogP) is 3.74. The first-order chi connectivity index (χ1) is 15.8. The van der Waals surface area contributed by atoms with Crippen LogP contribution in [0.4, 0.5) is 4.79 Å². The number of nitrogens with one attached hydrogen (secondary N) is 1. The molecule has 2 aromatic carbocycles. The Balaban J connectivity index is 0.000000383. The van der Waals surface area contributed by atoms with Crippen molar-refractivity contribution in [1.82, 2.24) is 15.1 Å². The zero-order valence-electron chi connectivity index (χ0n) is 19.8. The number of piperazine rings is 1. The first-order valence-corrected chi connectivity index (χ1v) is 11.5. The van der Waals surface area contributed by atoms with E-state index in [2.05, 4.69) is 39.2 Å². The molecule has 2 aromatic rings. The monoisotopic (exact) mass is 453 g/mol. The molecule has 0 aromatic heterocycles. The minimum atomic E-state index is -0.318. The van der Waals surface area contributed by atoms with Crippen LogP contribution in [0.5, 0.6) is 0 Å². The van der Waals surface area contributed by atoms with Crippen molar-refractivity contribution in [3.05, 3.63) is 71.3 Å². The lowest BCUT2D eigenvalue weighted by molar-refractivity contribution is -0.138. The van der Waals surface area contributed by atoms with Gasteiger partial charge < -0.3 is 14.8 Å². The van der Waals surface area contributed by atoms with Gasteiger partial charge in [0.15, 0.2) is 0 Å². The fourth-order valence-corrected chi connectivity index (χ4v) is 3.72. The van der Waals surface area contributed by atoms with Gasteiger partial charge >= 0.3 is 6.09 Å². The van der Waals surface area contributed by atoms with E-state index in [-0.39, 0.29) is 17.8 Å². The average molecular weight is 454 g/mol. The van der Waals surface area contributed by atoms with Gasteiger partial charge in [-0.2, -0.15) is 0 Å². The molecule has 0 unspecified atom stereocenters. The van der Waals surface area contributed by atoms with Gasteiger partial charge in [-0.1, -0.05) is 54.6 Å². The number of cyclic esters (lactones) is 1. The van der Waals surface area contributed by atoms with E-state index in [4.69, 9.17) is 4.74 Å². The van der Waals surface area contributed by atoms with Crippen molar-refractivity contribution in [2.75, 3.05) is 32.7 Å². The van der Waals surface area contributed by atoms with Gasteiger partial charge in [0.05, 0.1) is 6.54 Å². The number of rotatable bonds is 6. The highest BCUT2D eigenvalue weighted by molar-refractivity contribution is 5.70. The minimum absolute atomic E-state index is 0.171. The Bertz CT molecular complexity index is 875. The molecular weight excluding hydrogens is 418 g/mol. The van der Waals surface area contributed by atoms with Crippen LogP contribution in [0.3, 0.4) is 0 Å². The number of ether oxygens (including phenoxy) is 2. The van der Waals surface area contributed by atoms with Crippen LogP contribution in [0.1, 0.15) is 43.6 Å². The third-order valence-corrected chi connectivity index (χ3v) is 5.47. The van der Waals surface area contributed by atoms with E-state index in [1.54, 1.807) is 4.90 Å². The average Bonchev–Trinajstić information content (AvgIpc) is 3.16. The van der Waals surface area contributed by atoms with Crippen molar-refractivity contribution in [2.24, 2.45) is 0 Å². The summed E-state index contributed by atoms with van der Waals surface area (Å²) in [4.78, 5) is 26.0. The zero-order chi connectivity index (χ0) is 23.7. The SMILES string of the molecule is CC(C)(C)OC=O.O=C1O[C@H](c2ccccc2)CN1Cc1ccc(CN2CCNCC2)cc1. The number of carbonyl (C=O) groups is 2. The van der Waals surface area contributed by atoms with E-state index >= 15 is 0 Å². The molecule has 0 radical (unpaired) electrons. The number of carbonyl (C=O) groups excluding carboxylic acids is 2. The minimum Gasteiger partial charge on any atom is -0.462 e. The molecule has 2 heterocycles. The summed E-state index contributed by atoms with van der Waals surface area (Å²) in [5, 5.41) is 3.38. The third kappa shape index (κ3) is 8.18. The Morgan fingerprint density at radius 3 is 2.15 bits per heavy atom. The van der Waals surface area contributed by atoms with Crippen molar-refractivity contribution in [1.29, 1.82) is 0 Å². The normalized spacial score (nSPS) is 18.8. The molecule has 7 heteroatoms. The van der Waals surface area contributed by atoms with Gasteiger partial charge in [-0.25, -0.2) is 4.79 Å². The van der Waals surface area contributed by atoms with Crippen LogP contribution in [0, 0.1) is 0 Å². The summed E-state index contributed by atoms with van der Waals surface area (Å²) in [6, 6.07) is 18.5. The molecule has 4 rings (SSSR count). The van der Waals surface area contributed by atoms with Gasteiger partial charge in [0.1, 0.15) is 11.7 Å². The molecule has 2 aliphatic rings. The summed E-state index contributed by atoms with van der Waals surface area (Å²) >= 11 is 0. The molecule has 2 fully saturated rings. The number of hydrogen-bond donors (Lipinski definition) is 1. The third-order valence-electron chi connectivity index (χ3n) is 5.47. The first-order valence-electron chi connectivity index (χ1n) is 11.5. The van der Waals surface area contributed by atoms with Crippen LogP contribution in [0.25, 0.3) is 0 Å². The van der Waals surface area contributed by atoms with Gasteiger partial charge in [-0.3, -0.25) is 14.6 Å². The predicted molar refractivity (Wildman–Crippen MR) is 128 cm³/mol. The Labute approximate surface area is 196 Å². The molecule has 178 valence electrons. The molecule has 2 aliphatic heterocycles. The number of benzene rings is 2. The molecular formula is C26H35N3O4. The van der Waals surface area contributed by atoms with E-state index in [1.165, 1.54) is 5.56 Å². The van der Waals surface area contributed by atoms with Crippen molar-refractivity contribution in [3.63, 3.8) is 0 Å². The summed E-state index contributed by atoms with van der Waals surface area (Å²) in [6.45, 7) is 12.4. The van der Waals surface area contributed by atoms with Crippen molar-refractivity contribution in [2.45, 2.75) is 45.6 Å². The molecule has 7 nitrogen and oxygen atoms in total. The fraction of sp³-hybridized carbons (Fsp3) is 0.462. The van der Waals surface area contributed by atoms with Gasteiger partial charge in [0.2, 0.25) is 0 Å². The molecule has 1 amide bonds. The number of nitrogens with zero attached hydrogens (tertiary/aromatic N) is 2. The van der Waals surface area contributed by atoms with Gasteiger partial charge in [0, 0.05) is 39.3 Å². The van der Waals surface area contributed by atoms with Gasteiger partial charge in [-0.15, -0.1) is 0 Å². The highest BCUT2D eigenvalue weighted by Gasteiger charge is 2.32. The molecule has 0 saturated carbocycles. The topological polar surface area (TPSA) is 71.1 Å². The fourth-order valence-electron chi connectivity index (χ4n) is 3.72. The number of hydrogen-bond acceptors (Lipinski definition) is 6. The lowest BCUT2D eigenvalue weighted by Gasteiger charge is -2.27. The molecule has 0 aliphatic carbocycles. The van der Waals surface area contributed by atoms with Crippen molar-refractivity contribution < 1.29 is 19.1 Å². The second kappa shape index (κ2) is 11.8. The Morgan fingerprint density at radius 2 is 1.61 bits per heavy atom. The summed E-state index contributed by atoms with van der Waals surface area (Å²) in [5.74, 6) is 0. The van der Waals surface area contributed by atoms with Gasteiger partial charge in [0.25, 0.3) is 6.47 Å². The van der Waals surface area contributed by atoms with Crippen LogP contribution in [0.15, 0.2) is 54.6 Å². The van der Waals surface area contributed by atoms with Crippen LogP contribution >= 0.6 is 0 Å². The summed E-state index contributed by atoms with van der Waals surface area (Å²) in [7, 11) is 0. The Kier molecular flexibility index (Phi) is 8.86. The summed E-state index contributed by atoms with van der Waals surface area (Å²) in [6.07, 6.45) is -0.403. The highest BCUT2D eigenvalue weighted by atomic mass is 16.6. The quantitative estimate of drug-likeness (QED) is 0.672. The van der Waals surface area contributed by atoms with E-state index in [0.717, 1.165) is 43.9 Å². The maximum absolute atomic E-state index is 12.2. The molecule has 0 spiro atoms. The van der Waals surface area contributed by atoms with E-state index in [1.807, 2.05) is 51.1 Å². The van der Waals surface area contributed by atoms with E-state index < -0.39 is 0 Å². The van der Waals surface area contributed by atoms with Crippen LogP contribution in [-0.2, 0) is 27.4 Å². The lowest BCUT2D eigenvalue weighted by Crippen LogP contribution is -2.42. The van der Waals surface area contributed by atoms with Crippen LogP contribution in [-0.4, -0.2) is 60.7 Å². The molecule has 1 atom stereocenters. The summed E-state index contributed by atoms with van der Waals surface area (Å²) in [5.41, 5.74) is 3.19. The number of amides is 1. The summed E-state index contributed by atoms with van der Waals surface area (Å²) < 4.78 is 10.1. The lowest BCUT2D eigenvalue weighted by atomic mass is 10.1. The van der Waals surface area contributed by atoms with Crippen LogP contribution < -0.4 is 5.32 Å². The molecule has 2 saturated heterocycles. The highest BCUT2D eigenvalue weighted by Crippen LogP contribution is 2.27. The first kappa shape index (κ1) is 24.7. The smallest absolute Gasteiger partial charge is 0.410 e. The van der Waals surface area contributed by atoms with Crippen molar-refractivity contribution in [3.8, 4) is 0 Å². The standard InChI is InChI=1S/C21H25N3O2.C5H10O2/c25-21-24(16-20(26-21)19-4-2-1-3-5-19)15-18-8-6-17(7-9-18)14-23-12-10-22-11-13-23;1-5(2,3)7-4-6/h1-9,20,22H,10-16H2;4H,1-3H3/t20-;/m0./s1. The largest absolute Gasteiger partial charge is 0.462 e. The molecule has 33 heavy (non-hydrogen) atoms. The zero-order valence-corrected chi connectivity index (χ0v) is 19.8. The van der Waals surface area contributed by atoms with Crippen LogP contribution in [0.2, 0.25) is 0 Å².